The molecule has 0 aliphatic rings. The number of hydrogen-bond donors (Lipinski definition) is 1. The second-order valence-corrected chi connectivity index (χ2v) is 4.64. The van der Waals surface area contributed by atoms with Gasteiger partial charge in [-0.3, -0.25) is 4.68 Å². The van der Waals surface area contributed by atoms with Gasteiger partial charge in [-0.05, 0) is 19.1 Å². The fourth-order valence-electron chi connectivity index (χ4n) is 2.06. The quantitative estimate of drug-likeness (QED) is 0.780. The largest absolute Gasteiger partial charge is 0.338 e. The van der Waals surface area contributed by atoms with E-state index >= 15 is 0 Å². The number of benzene rings is 1. The third kappa shape index (κ3) is 2.02. The maximum Gasteiger partial charge on any atom is 0.163 e. The monoisotopic (exact) mass is 273 g/mol. The van der Waals surface area contributed by atoms with E-state index in [1.807, 2.05) is 38.2 Å². The zero-order valence-corrected chi connectivity index (χ0v) is 11.3. The Labute approximate surface area is 115 Å². The third-order valence-corrected chi connectivity index (χ3v) is 3.25. The van der Waals surface area contributed by atoms with E-state index in [0.29, 0.717) is 10.8 Å². The first-order chi connectivity index (χ1) is 9.16. The average Bonchev–Trinajstić information content (AvgIpc) is 2.69. The molecule has 0 atom stereocenters. The summed E-state index contributed by atoms with van der Waals surface area (Å²) in [6.45, 7) is 1.93. The number of fused-ring (bicyclic) bond motifs is 1. The summed E-state index contributed by atoms with van der Waals surface area (Å²) in [5.74, 6) is 0.712. The number of hydrogen-bond acceptors (Lipinski definition) is 4. The van der Waals surface area contributed by atoms with Crippen LogP contribution in [0, 0.1) is 6.92 Å². The van der Waals surface area contributed by atoms with Gasteiger partial charge in [-0.15, -0.1) is 0 Å². The van der Waals surface area contributed by atoms with Crippen molar-refractivity contribution in [3.63, 3.8) is 0 Å². The van der Waals surface area contributed by atoms with Gasteiger partial charge in [-0.25, -0.2) is 9.97 Å². The summed E-state index contributed by atoms with van der Waals surface area (Å²) in [6.07, 6.45) is 1.52. The number of aryl methyl sites for hydroxylation is 2. The van der Waals surface area contributed by atoms with Gasteiger partial charge in [0.15, 0.2) is 5.65 Å². The van der Waals surface area contributed by atoms with Crippen molar-refractivity contribution in [2.45, 2.75) is 6.92 Å². The second-order valence-electron chi connectivity index (χ2n) is 4.23. The molecule has 3 aromatic rings. The molecule has 96 valence electrons. The Morgan fingerprint density at radius 1 is 1.21 bits per heavy atom. The van der Waals surface area contributed by atoms with Crippen molar-refractivity contribution in [3.05, 3.63) is 41.3 Å². The summed E-state index contributed by atoms with van der Waals surface area (Å²) in [5.41, 5.74) is 2.49. The van der Waals surface area contributed by atoms with Gasteiger partial charge in [-0.1, -0.05) is 23.7 Å². The van der Waals surface area contributed by atoms with E-state index in [9.17, 15) is 0 Å². The van der Waals surface area contributed by atoms with Crippen molar-refractivity contribution in [2.24, 2.45) is 7.05 Å². The molecule has 2 aromatic heterocycles. The molecule has 1 aromatic carbocycles. The van der Waals surface area contributed by atoms with Crippen molar-refractivity contribution in [1.29, 1.82) is 0 Å². The Morgan fingerprint density at radius 2 is 2.00 bits per heavy atom. The van der Waals surface area contributed by atoms with Crippen LogP contribution in [0.2, 0.25) is 5.02 Å². The molecular formula is C13H12ClN5. The molecule has 2 heterocycles. The molecule has 0 unspecified atom stereocenters. The summed E-state index contributed by atoms with van der Waals surface area (Å²) in [6, 6.07) is 7.54. The molecule has 0 aliphatic heterocycles. The van der Waals surface area contributed by atoms with Gasteiger partial charge in [0.1, 0.15) is 12.1 Å². The van der Waals surface area contributed by atoms with Crippen LogP contribution in [0.25, 0.3) is 11.0 Å². The highest BCUT2D eigenvalue weighted by atomic mass is 35.5. The van der Waals surface area contributed by atoms with Crippen LogP contribution in [0.3, 0.4) is 0 Å². The zero-order valence-electron chi connectivity index (χ0n) is 10.6. The summed E-state index contributed by atoms with van der Waals surface area (Å²) >= 11 is 6.14. The molecule has 0 fully saturated rings. The minimum atomic E-state index is 0.649. The minimum absolute atomic E-state index is 0.649. The number of nitrogens with zero attached hydrogens (tertiary/aromatic N) is 4. The van der Waals surface area contributed by atoms with E-state index < -0.39 is 0 Å². The lowest BCUT2D eigenvalue weighted by Gasteiger charge is -2.08. The van der Waals surface area contributed by atoms with E-state index in [1.165, 1.54) is 6.33 Å². The lowest BCUT2D eigenvalue weighted by molar-refractivity contribution is 0.773. The van der Waals surface area contributed by atoms with Gasteiger partial charge in [0.05, 0.1) is 21.8 Å². The average molecular weight is 274 g/mol. The molecule has 0 aliphatic carbocycles. The maximum absolute atomic E-state index is 6.14. The molecule has 5 nitrogen and oxygen atoms in total. The molecule has 3 rings (SSSR count). The first-order valence-electron chi connectivity index (χ1n) is 5.82. The summed E-state index contributed by atoms with van der Waals surface area (Å²) in [4.78, 5) is 8.53. The van der Waals surface area contributed by atoms with E-state index in [-0.39, 0.29) is 0 Å². The molecule has 6 heteroatoms. The van der Waals surface area contributed by atoms with Gasteiger partial charge in [0.2, 0.25) is 0 Å². The smallest absolute Gasteiger partial charge is 0.163 e. The molecular weight excluding hydrogens is 262 g/mol. The number of nitrogens with one attached hydrogen (secondary N) is 1. The lowest BCUT2D eigenvalue weighted by atomic mass is 10.2. The van der Waals surface area contributed by atoms with Crippen LogP contribution in [-0.4, -0.2) is 19.7 Å². The number of para-hydroxylation sites is 1. The van der Waals surface area contributed by atoms with E-state index in [1.54, 1.807) is 4.68 Å². The number of rotatable bonds is 2. The number of halogens is 1. The predicted octanol–water partition coefficient (Wildman–Crippen LogP) is 3.07. The highest BCUT2D eigenvalue weighted by molar-refractivity contribution is 6.33. The van der Waals surface area contributed by atoms with Crippen LogP contribution < -0.4 is 5.32 Å². The predicted molar refractivity (Wildman–Crippen MR) is 75.8 cm³/mol. The van der Waals surface area contributed by atoms with Crippen molar-refractivity contribution in [3.8, 4) is 0 Å². The Bertz CT molecular complexity index is 750. The Balaban J connectivity index is 2.14. The van der Waals surface area contributed by atoms with Crippen LogP contribution >= 0.6 is 11.6 Å². The fraction of sp³-hybridized carbons (Fsp3) is 0.154. The van der Waals surface area contributed by atoms with E-state index in [2.05, 4.69) is 20.4 Å². The van der Waals surface area contributed by atoms with Crippen LogP contribution in [-0.2, 0) is 7.05 Å². The van der Waals surface area contributed by atoms with E-state index in [4.69, 9.17) is 11.6 Å². The molecule has 1 N–H and O–H groups in total. The normalized spacial score (nSPS) is 10.9. The molecule has 0 amide bonds. The Kier molecular flexibility index (Phi) is 2.83. The number of anilines is 2. The topological polar surface area (TPSA) is 55.6 Å². The van der Waals surface area contributed by atoms with Crippen molar-refractivity contribution in [2.75, 3.05) is 5.32 Å². The second kappa shape index (κ2) is 4.51. The van der Waals surface area contributed by atoms with Crippen LogP contribution in [0.1, 0.15) is 5.69 Å². The summed E-state index contributed by atoms with van der Waals surface area (Å²) in [5, 5.41) is 9.15. The maximum atomic E-state index is 6.14. The minimum Gasteiger partial charge on any atom is -0.338 e. The molecule has 0 bridgehead atoms. The van der Waals surface area contributed by atoms with Crippen LogP contribution in [0.15, 0.2) is 30.6 Å². The zero-order chi connectivity index (χ0) is 13.4. The van der Waals surface area contributed by atoms with Gasteiger partial charge in [0.25, 0.3) is 0 Å². The Morgan fingerprint density at radius 3 is 2.79 bits per heavy atom. The standard InChI is InChI=1S/C13H12ClN5/c1-8-11-12(15-7-16-13(11)19(2)18-8)17-10-6-4-3-5-9(10)14/h3-7H,1-2H3,(H,15,16,17). The molecule has 19 heavy (non-hydrogen) atoms. The lowest BCUT2D eigenvalue weighted by Crippen LogP contribution is -1.97. The highest BCUT2D eigenvalue weighted by Crippen LogP contribution is 2.28. The van der Waals surface area contributed by atoms with Gasteiger partial charge in [-0.2, -0.15) is 5.10 Å². The molecule has 0 saturated heterocycles. The molecule has 0 radical (unpaired) electrons. The molecule has 0 spiro atoms. The Hall–Kier alpha value is -2.14. The van der Waals surface area contributed by atoms with Crippen molar-refractivity contribution < 1.29 is 0 Å². The SMILES string of the molecule is Cc1nn(C)c2ncnc(Nc3ccccc3Cl)c12. The van der Waals surface area contributed by atoms with Gasteiger partial charge >= 0.3 is 0 Å². The van der Waals surface area contributed by atoms with Crippen molar-refractivity contribution in [1.82, 2.24) is 19.7 Å². The van der Waals surface area contributed by atoms with Crippen LogP contribution in [0.5, 0.6) is 0 Å². The van der Waals surface area contributed by atoms with Crippen molar-refractivity contribution >= 4 is 34.1 Å². The summed E-state index contributed by atoms with van der Waals surface area (Å²) in [7, 11) is 1.86. The first-order valence-corrected chi connectivity index (χ1v) is 6.20. The van der Waals surface area contributed by atoms with Gasteiger partial charge in [0, 0.05) is 7.05 Å². The van der Waals surface area contributed by atoms with Crippen LogP contribution in [0.4, 0.5) is 11.5 Å². The number of aromatic nitrogens is 4. The van der Waals surface area contributed by atoms with Gasteiger partial charge < -0.3 is 5.32 Å². The van der Waals surface area contributed by atoms with E-state index in [0.717, 1.165) is 22.4 Å². The molecule has 0 saturated carbocycles. The highest BCUT2D eigenvalue weighted by Gasteiger charge is 2.12. The first kappa shape index (κ1) is 11.9. The fourth-order valence-corrected chi connectivity index (χ4v) is 2.25. The summed E-state index contributed by atoms with van der Waals surface area (Å²) < 4.78 is 1.74. The third-order valence-electron chi connectivity index (χ3n) is 2.92.